The Morgan fingerprint density at radius 1 is 1.62 bits per heavy atom. The highest BCUT2D eigenvalue weighted by Gasteiger charge is 2.27. The van der Waals surface area contributed by atoms with Gasteiger partial charge in [-0.15, -0.1) is 0 Å². The van der Waals surface area contributed by atoms with E-state index in [0.717, 1.165) is 12.8 Å². The minimum absolute atomic E-state index is 0.244. The van der Waals surface area contributed by atoms with Gasteiger partial charge >= 0.3 is 0 Å². The Morgan fingerprint density at radius 3 is 2.85 bits per heavy atom. The van der Waals surface area contributed by atoms with Crippen molar-refractivity contribution in [1.82, 2.24) is 4.98 Å². The van der Waals surface area contributed by atoms with Crippen LogP contribution < -0.4 is 0 Å². The molecule has 0 amide bonds. The number of hydrogen-bond acceptors (Lipinski definition) is 2. The average molecular weight is 181 g/mol. The molecule has 0 saturated heterocycles. The molecule has 0 aromatic carbocycles. The first kappa shape index (κ1) is 8.63. The normalized spacial score (nSPS) is 18.7. The standard InChI is InChI=1S/C10H12FNO/c1-6(13)10-4-8(7-2-3-7)9(11)5-12-10/h4-7,13H,2-3H2,1H3. The lowest BCUT2D eigenvalue weighted by atomic mass is 10.1. The van der Waals surface area contributed by atoms with E-state index in [0.29, 0.717) is 17.2 Å². The molecule has 1 atom stereocenters. The molecule has 1 saturated carbocycles. The average Bonchev–Trinajstić information content (AvgIpc) is 2.87. The number of aliphatic hydroxyl groups excluding tert-OH is 1. The molecule has 13 heavy (non-hydrogen) atoms. The third kappa shape index (κ3) is 1.70. The number of pyridine rings is 1. The van der Waals surface area contributed by atoms with Crippen LogP contribution in [0, 0.1) is 5.82 Å². The number of nitrogens with zero attached hydrogens (tertiary/aromatic N) is 1. The van der Waals surface area contributed by atoms with Gasteiger partial charge in [0.1, 0.15) is 5.82 Å². The van der Waals surface area contributed by atoms with Crippen molar-refractivity contribution in [2.24, 2.45) is 0 Å². The van der Waals surface area contributed by atoms with E-state index >= 15 is 0 Å². The molecule has 0 aliphatic heterocycles. The van der Waals surface area contributed by atoms with Crippen molar-refractivity contribution in [2.45, 2.75) is 31.8 Å². The molecule has 1 aromatic rings. The molecule has 3 heteroatoms. The fourth-order valence-electron chi connectivity index (χ4n) is 1.41. The van der Waals surface area contributed by atoms with Crippen molar-refractivity contribution in [3.8, 4) is 0 Å². The summed E-state index contributed by atoms with van der Waals surface area (Å²) in [5, 5.41) is 9.26. The van der Waals surface area contributed by atoms with Gasteiger partial charge in [0.15, 0.2) is 0 Å². The first-order valence-electron chi connectivity index (χ1n) is 4.52. The minimum atomic E-state index is -0.613. The van der Waals surface area contributed by atoms with Crippen molar-refractivity contribution < 1.29 is 9.50 Å². The van der Waals surface area contributed by atoms with Crippen LogP contribution >= 0.6 is 0 Å². The summed E-state index contributed by atoms with van der Waals surface area (Å²) in [6.07, 6.45) is 2.70. The maximum atomic E-state index is 13.2. The van der Waals surface area contributed by atoms with Gasteiger partial charge < -0.3 is 5.11 Å². The van der Waals surface area contributed by atoms with Crippen LogP contribution in [0.15, 0.2) is 12.3 Å². The molecule has 1 N–H and O–H groups in total. The van der Waals surface area contributed by atoms with Crippen LogP contribution in [0.3, 0.4) is 0 Å². The van der Waals surface area contributed by atoms with Gasteiger partial charge in [0.2, 0.25) is 0 Å². The smallest absolute Gasteiger partial charge is 0.144 e. The predicted molar refractivity (Wildman–Crippen MR) is 46.8 cm³/mol. The van der Waals surface area contributed by atoms with Crippen LogP contribution in [0.2, 0.25) is 0 Å². The Bertz CT molecular complexity index is 321. The first-order chi connectivity index (χ1) is 6.18. The molecule has 1 aliphatic rings. The van der Waals surface area contributed by atoms with Crippen LogP contribution in [0.5, 0.6) is 0 Å². The van der Waals surface area contributed by atoms with Gasteiger partial charge in [-0.25, -0.2) is 4.39 Å². The lowest BCUT2D eigenvalue weighted by molar-refractivity contribution is 0.194. The molecule has 2 nitrogen and oxygen atoms in total. The summed E-state index contributed by atoms with van der Waals surface area (Å²) in [7, 11) is 0. The van der Waals surface area contributed by atoms with E-state index in [2.05, 4.69) is 4.98 Å². The SMILES string of the molecule is CC(O)c1cc(C2CC2)c(F)cn1. The van der Waals surface area contributed by atoms with Gasteiger partial charge in [-0.3, -0.25) is 4.98 Å². The van der Waals surface area contributed by atoms with Gasteiger partial charge in [0.05, 0.1) is 18.0 Å². The van der Waals surface area contributed by atoms with Crippen molar-refractivity contribution in [3.05, 3.63) is 29.3 Å². The van der Waals surface area contributed by atoms with E-state index in [9.17, 15) is 9.50 Å². The second kappa shape index (κ2) is 3.07. The number of aliphatic hydroxyl groups is 1. The molecular weight excluding hydrogens is 169 g/mol. The fourth-order valence-corrected chi connectivity index (χ4v) is 1.41. The van der Waals surface area contributed by atoms with Crippen LogP contribution in [-0.2, 0) is 0 Å². The van der Waals surface area contributed by atoms with Gasteiger partial charge in [-0.1, -0.05) is 0 Å². The minimum Gasteiger partial charge on any atom is -0.387 e. The highest BCUT2D eigenvalue weighted by atomic mass is 19.1. The van der Waals surface area contributed by atoms with Crippen LogP contribution in [-0.4, -0.2) is 10.1 Å². The molecular formula is C10H12FNO. The van der Waals surface area contributed by atoms with Crippen molar-refractivity contribution in [3.63, 3.8) is 0 Å². The monoisotopic (exact) mass is 181 g/mol. The molecule has 0 spiro atoms. The quantitative estimate of drug-likeness (QED) is 0.758. The second-order valence-corrected chi connectivity index (χ2v) is 3.58. The maximum Gasteiger partial charge on any atom is 0.144 e. The van der Waals surface area contributed by atoms with E-state index in [-0.39, 0.29) is 5.82 Å². The molecule has 1 aromatic heterocycles. The van der Waals surface area contributed by atoms with Gasteiger partial charge in [-0.05, 0) is 37.3 Å². The molecule has 70 valence electrons. The van der Waals surface area contributed by atoms with Crippen molar-refractivity contribution >= 4 is 0 Å². The van der Waals surface area contributed by atoms with E-state index in [4.69, 9.17) is 0 Å². The highest BCUT2D eigenvalue weighted by Crippen LogP contribution is 2.41. The zero-order valence-electron chi connectivity index (χ0n) is 7.50. The van der Waals surface area contributed by atoms with Gasteiger partial charge in [0.25, 0.3) is 0 Å². The van der Waals surface area contributed by atoms with E-state index in [1.807, 2.05) is 0 Å². The summed E-state index contributed by atoms with van der Waals surface area (Å²) in [5.41, 5.74) is 1.27. The lowest BCUT2D eigenvalue weighted by Crippen LogP contribution is -1.99. The molecule has 1 fully saturated rings. The second-order valence-electron chi connectivity index (χ2n) is 3.58. The highest BCUT2D eigenvalue weighted by molar-refractivity contribution is 5.26. The fraction of sp³-hybridized carbons (Fsp3) is 0.500. The zero-order valence-corrected chi connectivity index (χ0v) is 7.50. The summed E-state index contributed by atoms with van der Waals surface area (Å²) in [5.74, 6) is 0.118. The predicted octanol–water partition coefficient (Wildman–Crippen LogP) is 2.15. The van der Waals surface area contributed by atoms with E-state index in [1.165, 1.54) is 6.20 Å². The van der Waals surface area contributed by atoms with E-state index in [1.54, 1.807) is 13.0 Å². The molecule has 0 bridgehead atoms. The van der Waals surface area contributed by atoms with E-state index < -0.39 is 6.10 Å². The molecule has 1 aliphatic carbocycles. The Balaban J connectivity index is 2.36. The number of halogens is 1. The van der Waals surface area contributed by atoms with Gasteiger partial charge in [-0.2, -0.15) is 0 Å². The number of aromatic nitrogens is 1. The Hall–Kier alpha value is -0.960. The van der Waals surface area contributed by atoms with Crippen molar-refractivity contribution in [1.29, 1.82) is 0 Å². The summed E-state index contributed by atoms with van der Waals surface area (Å²) < 4.78 is 13.2. The topological polar surface area (TPSA) is 33.1 Å². The Labute approximate surface area is 76.4 Å². The number of hydrogen-bond donors (Lipinski definition) is 1. The Morgan fingerprint density at radius 2 is 2.31 bits per heavy atom. The lowest BCUT2D eigenvalue weighted by Gasteiger charge is -2.06. The van der Waals surface area contributed by atoms with Crippen LogP contribution in [0.25, 0.3) is 0 Å². The third-order valence-corrected chi connectivity index (χ3v) is 2.35. The van der Waals surface area contributed by atoms with Gasteiger partial charge in [0, 0.05) is 0 Å². The summed E-state index contributed by atoms with van der Waals surface area (Å²) in [4.78, 5) is 3.82. The largest absolute Gasteiger partial charge is 0.387 e. The van der Waals surface area contributed by atoms with Crippen LogP contribution in [0.1, 0.15) is 43.0 Å². The summed E-state index contributed by atoms with van der Waals surface area (Å²) in [6.45, 7) is 1.64. The molecule has 0 radical (unpaired) electrons. The summed E-state index contributed by atoms with van der Waals surface area (Å²) in [6, 6.07) is 1.68. The Kier molecular flexibility index (Phi) is 2.04. The molecule has 1 unspecified atom stereocenters. The maximum absolute atomic E-state index is 13.2. The molecule has 2 rings (SSSR count). The third-order valence-electron chi connectivity index (χ3n) is 2.35. The van der Waals surface area contributed by atoms with Crippen molar-refractivity contribution in [2.75, 3.05) is 0 Å². The first-order valence-corrected chi connectivity index (χ1v) is 4.52. The summed E-state index contributed by atoms with van der Waals surface area (Å²) >= 11 is 0. The zero-order chi connectivity index (χ0) is 9.42. The molecule has 1 heterocycles. The van der Waals surface area contributed by atoms with Crippen LogP contribution in [0.4, 0.5) is 4.39 Å². The number of rotatable bonds is 2.